The Balaban J connectivity index is 1.64. The maximum Gasteiger partial charge on any atom is 0.0638 e. The number of benzene rings is 1. The molecule has 0 unspecified atom stereocenters. The van der Waals surface area contributed by atoms with E-state index in [-0.39, 0.29) is 0 Å². The molecular weight excluding hydrogens is 236 g/mol. The molecule has 3 rings (SSSR count). The lowest BCUT2D eigenvalue weighted by Gasteiger charge is -2.04. The van der Waals surface area contributed by atoms with Crippen LogP contribution >= 0.6 is 0 Å². The number of fused-ring (bicyclic) bond motifs is 1. The maximum absolute atomic E-state index is 4.34. The molecule has 0 radical (unpaired) electrons. The van der Waals surface area contributed by atoms with Gasteiger partial charge in [-0.3, -0.25) is 4.68 Å². The van der Waals surface area contributed by atoms with Crippen LogP contribution in [0.25, 0.3) is 10.9 Å². The summed E-state index contributed by atoms with van der Waals surface area (Å²) in [5.41, 5.74) is 4.83. The summed E-state index contributed by atoms with van der Waals surface area (Å²) in [5, 5.41) is 9.06. The summed E-state index contributed by atoms with van der Waals surface area (Å²) < 4.78 is 1.86. The van der Waals surface area contributed by atoms with Crippen molar-refractivity contribution in [2.24, 2.45) is 7.05 Å². The number of nitrogens with zero attached hydrogens (tertiary/aromatic N) is 2. The van der Waals surface area contributed by atoms with Crippen LogP contribution in [0.1, 0.15) is 16.8 Å². The van der Waals surface area contributed by atoms with E-state index in [0.29, 0.717) is 0 Å². The van der Waals surface area contributed by atoms with Crippen molar-refractivity contribution in [3.05, 3.63) is 53.5 Å². The Kier molecular flexibility index (Phi) is 3.09. The van der Waals surface area contributed by atoms with Gasteiger partial charge in [0.25, 0.3) is 0 Å². The fourth-order valence-electron chi connectivity index (χ4n) is 2.37. The minimum Gasteiger partial charge on any atom is -0.361 e. The van der Waals surface area contributed by atoms with Gasteiger partial charge in [0.15, 0.2) is 0 Å². The third-order valence-corrected chi connectivity index (χ3v) is 3.38. The molecule has 1 aromatic carbocycles. The smallest absolute Gasteiger partial charge is 0.0638 e. The minimum atomic E-state index is 0.850. The van der Waals surface area contributed by atoms with Crippen LogP contribution in [0.4, 0.5) is 0 Å². The van der Waals surface area contributed by atoms with Crippen molar-refractivity contribution >= 4 is 10.9 Å². The predicted molar refractivity (Wildman–Crippen MR) is 76.8 cm³/mol. The highest BCUT2D eigenvalue weighted by atomic mass is 15.2. The van der Waals surface area contributed by atoms with Gasteiger partial charge in [0, 0.05) is 43.6 Å². The Morgan fingerprint density at radius 2 is 2.16 bits per heavy atom. The molecule has 2 N–H and O–H groups in total. The monoisotopic (exact) mass is 254 g/mol. The molecule has 19 heavy (non-hydrogen) atoms. The summed E-state index contributed by atoms with van der Waals surface area (Å²) in [4.78, 5) is 3.24. The van der Waals surface area contributed by atoms with Gasteiger partial charge >= 0.3 is 0 Å². The van der Waals surface area contributed by atoms with E-state index in [1.807, 2.05) is 24.9 Å². The Hall–Kier alpha value is -2.07. The average molecular weight is 254 g/mol. The van der Waals surface area contributed by atoms with Crippen molar-refractivity contribution < 1.29 is 0 Å². The lowest BCUT2D eigenvalue weighted by molar-refractivity contribution is 0.690. The summed E-state index contributed by atoms with van der Waals surface area (Å²) in [6.07, 6.45) is 4.04. The highest BCUT2D eigenvalue weighted by molar-refractivity contribution is 5.79. The molecular formula is C15H18N4. The fourth-order valence-corrected chi connectivity index (χ4v) is 2.37. The van der Waals surface area contributed by atoms with Gasteiger partial charge < -0.3 is 10.3 Å². The molecule has 0 atom stereocenters. The summed E-state index contributed by atoms with van der Waals surface area (Å²) in [7, 11) is 1.95. The van der Waals surface area contributed by atoms with E-state index in [9.17, 15) is 0 Å². The molecule has 4 heteroatoms. The highest BCUT2D eigenvalue weighted by Crippen LogP contribution is 2.14. The Bertz CT molecular complexity index is 693. The predicted octanol–water partition coefficient (Wildman–Crippen LogP) is 2.50. The van der Waals surface area contributed by atoms with Crippen LogP contribution < -0.4 is 5.32 Å². The topological polar surface area (TPSA) is 45.6 Å². The summed E-state index contributed by atoms with van der Waals surface area (Å²) in [6.45, 7) is 3.76. The number of hydrogen-bond donors (Lipinski definition) is 2. The fraction of sp³-hybridized carbons (Fsp3) is 0.267. The number of hydrogen-bond acceptors (Lipinski definition) is 2. The molecule has 0 spiro atoms. The number of rotatable bonds is 4. The van der Waals surface area contributed by atoms with Crippen molar-refractivity contribution in [1.82, 2.24) is 20.1 Å². The Labute approximate surface area is 112 Å². The number of aromatic amines is 1. The van der Waals surface area contributed by atoms with Gasteiger partial charge in [-0.15, -0.1) is 0 Å². The molecule has 2 heterocycles. The lowest BCUT2D eigenvalue weighted by atomic mass is 10.1. The zero-order chi connectivity index (χ0) is 13.2. The van der Waals surface area contributed by atoms with Crippen molar-refractivity contribution in [3.63, 3.8) is 0 Å². The first-order valence-corrected chi connectivity index (χ1v) is 6.48. The number of aryl methyl sites for hydroxylation is 2. The second-order valence-corrected chi connectivity index (χ2v) is 4.92. The van der Waals surface area contributed by atoms with Crippen LogP contribution in [-0.2, 0) is 20.1 Å². The van der Waals surface area contributed by atoms with Gasteiger partial charge in [-0.2, -0.15) is 5.10 Å². The molecule has 0 aliphatic heterocycles. The first kappa shape index (κ1) is 12.0. The molecule has 0 aliphatic carbocycles. The van der Waals surface area contributed by atoms with Gasteiger partial charge in [-0.1, -0.05) is 12.1 Å². The van der Waals surface area contributed by atoms with Crippen molar-refractivity contribution in [2.45, 2.75) is 20.0 Å². The molecule has 3 aromatic rings. The van der Waals surface area contributed by atoms with Crippen LogP contribution in [-0.4, -0.2) is 14.8 Å². The van der Waals surface area contributed by atoms with Crippen LogP contribution in [0.2, 0.25) is 0 Å². The zero-order valence-electron chi connectivity index (χ0n) is 11.3. The largest absolute Gasteiger partial charge is 0.361 e. The summed E-state index contributed by atoms with van der Waals surface area (Å²) >= 11 is 0. The Morgan fingerprint density at radius 1 is 1.26 bits per heavy atom. The normalized spacial score (nSPS) is 11.3. The first-order chi connectivity index (χ1) is 9.22. The molecule has 2 aromatic heterocycles. The molecule has 0 aliphatic rings. The van der Waals surface area contributed by atoms with E-state index in [1.165, 1.54) is 22.0 Å². The van der Waals surface area contributed by atoms with Gasteiger partial charge in [0.1, 0.15) is 0 Å². The van der Waals surface area contributed by atoms with E-state index in [2.05, 4.69) is 45.9 Å². The zero-order valence-corrected chi connectivity index (χ0v) is 11.3. The van der Waals surface area contributed by atoms with Gasteiger partial charge in [-0.05, 0) is 30.0 Å². The molecule has 0 saturated carbocycles. The third kappa shape index (κ3) is 2.53. The van der Waals surface area contributed by atoms with Crippen LogP contribution in [0.15, 0.2) is 36.7 Å². The highest BCUT2D eigenvalue weighted by Gasteiger charge is 2.02. The molecule has 0 amide bonds. The van der Waals surface area contributed by atoms with Crippen LogP contribution in [0.5, 0.6) is 0 Å². The van der Waals surface area contributed by atoms with E-state index >= 15 is 0 Å². The molecule has 0 saturated heterocycles. The molecule has 98 valence electrons. The van der Waals surface area contributed by atoms with E-state index in [4.69, 9.17) is 0 Å². The standard InChI is InChI=1S/C15H18N4/c1-11-14(10-19(2)18-11)9-16-8-12-3-4-13-5-6-17-15(13)7-12/h3-7,10,16-17H,8-9H2,1-2H3. The third-order valence-electron chi connectivity index (χ3n) is 3.38. The van der Waals surface area contributed by atoms with Crippen molar-refractivity contribution in [2.75, 3.05) is 0 Å². The number of nitrogens with one attached hydrogen (secondary N) is 2. The number of H-pyrrole nitrogens is 1. The summed E-state index contributed by atoms with van der Waals surface area (Å²) in [6, 6.07) is 8.60. The minimum absolute atomic E-state index is 0.850. The van der Waals surface area contributed by atoms with Crippen molar-refractivity contribution in [1.29, 1.82) is 0 Å². The van der Waals surface area contributed by atoms with E-state index in [0.717, 1.165) is 18.8 Å². The Morgan fingerprint density at radius 3 is 2.95 bits per heavy atom. The summed E-state index contributed by atoms with van der Waals surface area (Å²) in [5.74, 6) is 0. The van der Waals surface area contributed by atoms with Gasteiger partial charge in [-0.25, -0.2) is 0 Å². The van der Waals surface area contributed by atoms with Crippen molar-refractivity contribution in [3.8, 4) is 0 Å². The van der Waals surface area contributed by atoms with E-state index < -0.39 is 0 Å². The molecule has 0 fully saturated rings. The molecule has 0 bridgehead atoms. The lowest BCUT2D eigenvalue weighted by Crippen LogP contribution is -2.12. The second kappa shape index (κ2) is 4.90. The van der Waals surface area contributed by atoms with Crippen LogP contribution in [0.3, 0.4) is 0 Å². The average Bonchev–Trinajstić information content (AvgIpc) is 2.96. The van der Waals surface area contributed by atoms with Gasteiger partial charge in [0.2, 0.25) is 0 Å². The van der Waals surface area contributed by atoms with Gasteiger partial charge in [0.05, 0.1) is 5.69 Å². The van der Waals surface area contributed by atoms with Crippen LogP contribution in [0, 0.1) is 6.92 Å². The SMILES string of the molecule is Cc1nn(C)cc1CNCc1ccc2cc[nH]c2c1. The number of aromatic nitrogens is 3. The maximum atomic E-state index is 4.34. The van der Waals surface area contributed by atoms with E-state index in [1.54, 1.807) is 0 Å². The molecule has 4 nitrogen and oxygen atoms in total. The first-order valence-electron chi connectivity index (χ1n) is 6.48. The quantitative estimate of drug-likeness (QED) is 0.751. The second-order valence-electron chi connectivity index (χ2n) is 4.92.